The minimum absolute atomic E-state index is 0.216. The largest absolute Gasteiger partial charge is 0.508 e. The molecule has 0 fully saturated rings. The van der Waals surface area contributed by atoms with Gasteiger partial charge in [-0.1, -0.05) is 17.7 Å². The topological polar surface area (TPSA) is 20.2 Å². The number of benzene rings is 1. The summed E-state index contributed by atoms with van der Waals surface area (Å²) in [6.45, 7) is 3.71. The highest BCUT2D eigenvalue weighted by Gasteiger charge is 2.21. The molecule has 0 aliphatic heterocycles. The van der Waals surface area contributed by atoms with Gasteiger partial charge in [0.05, 0.1) is 0 Å². The summed E-state index contributed by atoms with van der Waals surface area (Å²) in [5, 5.41) is 12.4. The van der Waals surface area contributed by atoms with Gasteiger partial charge in [-0.05, 0) is 54.0 Å². The lowest BCUT2D eigenvalue weighted by Gasteiger charge is -2.07. The third-order valence-electron chi connectivity index (χ3n) is 2.94. The van der Waals surface area contributed by atoms with E-state index < -0.39 is 0 Å². The monoisotopic (exact) mass is 220 g/mol. The molecular weight excluding hydrogens is 204 g/mol. The first-order chi connectivity index (χ1) is 7.19. The van der Waals surface area contributed by atoms with Crippen LogP contribution in [-0.2, 0) is 12.8 Å². The number of hydrogen-bond donors (Lipinski definition) is 1. The SMILES string of the molecule is C=C=S(C)CC1Cc2ccc(O)cc2C1. The average Bonchev–Trinajstić information content (AvgIpc) is 2.59. The van der Waals surface area contributed by atoms with Gasteiger partial charge in [0.15, 0.2) is 0 Å². The van der Waals surface area contributed by atoms with Crippen LogP contribution in [0.5, 0.6) is 5.75 Å². The maximum atomic E-state index is 9.39. The maximum Gasteiger partial charge on any atom is 0.115 e. The molecule has 2 heteroatoms. The molecule has 15 heavy (non-hydrogen) atoms. The molecular formula is C13H16OS. The van der Waals surface area contributed by atoms with Crippen molar-refractivity contribution in [3.8, 4) is 5.75 Å². The zero-order chi connectivity index (χ0) is 10.8. The Morgan fingerprint density at radius 2 is 2.20 bits per heavy atom. The van der Waals surface area contributed by atoms with Crippen LogP contribution < -0.4 is 0 Å². The van der Waals surface area contributed by atoms with E-state index in [1.165, 1.54) is 16.9 Å². The van der Waals surface area contributed by atoms with Crippen molar-refractivity contribution >= 4 is 15.5 Å². The number of rotatable bonds is 2. The van der Waals surface area contributed by atoms with Crippen LogP contribution in [0.1, 0.15) is 11.1 Å². The first-order valence-electron chi connectivity index (χ1n) is 5.15. The number of fused-ring (bicyclic) bond motifs is 1. The molecule has 2 unspecified atom stereocenters. The summed E-state index contributed by atoms with van der Waals surface area (Å²) in [6, 6.07) is 5.74. The summed E-state index contributed by atoms with van der Waals surface area (Å²) in [6.07, 6.45) is 4.44. The van der Waals surface area contributed by atoms with E-state index in [-0.39, 0.29) is 10.5 Å². The Bertz CT molecular complexity index is 430. The molecule has 1 aromatic carbocycles. The number of phenolic OH excluding ortho intramolecular Hbond substituents is 1. The van der Waals surface area contributed by atoms with Gasteiger partial charge in [0, 0.05) is 0 Å². The zero-order valence-electron chi connectivity index (χ0n) is 8.99. The summed E-state index contributed by atoms with van der Waals surface area (Å²) in [4.78, 5) is 0. The Morgan fingerprint density at radius 3 is 2.93 bits per heavy atom. The Kier molecular flexibility index (Phi) is 2.99. The van der Waals surface area contributed by atoms with Crippen LogP contribution >= 0.6 is 10.5 Å². The molecule has 1 N–H and O–H groups in total. The highest BCUT2D eigenvalue weighted by Crippen LogP contribution is 2.31. The summed E-state index contributed by atoms with van der Waals surface area (Å²) in [5.74, 6) is 2.28. The molecule has 0 amide bonds. The molecule has 0 saturated heterocycles. The Hall–Kier alpha value is -0.980. The van der Waals surface area contributed by atoms with E-state index in [0.717, 1.165) is 12.8 Å². The highest BCUT2D eigenvalue weighted by molar-refractivity contribution is 8.14. The van der Waals surface area contributed by atoms with Crippen LogP contribution in [0, 0.1) is 5.92 Å². The lowest BCUT2D eigenvalue weighted by Crippen LogP contribution is -2.03. The van der Waals surface area contributed by atoms with Gasteiger partial charge in [0.25, 0.3) is 0 Å². The van der Waals surface area contributed by atoms with E-state index in [0.29, 0.717) is 11.7 Å². The van der Waals surface area contributed by atoms with Crippen molar-refractivity contribution in [3.63, 3.8) is 0 Å². The van der Waals surface area contributed by atoms with Crippen molar-refractivity contribution in [2.75, 3.05) is 12.0 Å². The molecule has 0 bridgehead atoms. The fourth-order valence-corrected chi connectivity index (χ4v) is 3.29. The molecule has 80 valence electrons. The third-order valence-corrected chi connectivity index (χ3v) is 4.40. The first-order valence-corrected chi connectivity index (χ1v) is 6.95. The van der Waals surface area contributed by atoms with Crippen LogP contribution in [-0.4, -0.2) is 22.1 Å². The molecule has 0 saturated carbocycles. The Labute approximate surface area is 93.4 Å². The average molecular weight is 220 g/mol. The zero-order valence-corrected chi connectivity index (χ0v) is 9.81. The summed E-state index contributed by atoms with van der Waals surface area (Å²) < 4.78 is 0. The normalized spacial score (nSPS) is 20.7. The quantitative estimate of drug-likeness (QED) is 0.760. The smallest absolute Gasteiger partial charge is 0.115 e. The molecule has 0 aromatic heterocycles. The second-order valence-electron chi connectivity index (χ2n) is 4.18. The van der Waals surface area contributed by atoms with Crippen molar-refractivity contribution in [3.05, 3.63) is 35.9 Å². The molecule has 1 aliphatic carbocycles. The molecule has 2 atom stereocenters. The van der Waals surface area contributed by atoms with Gasteiger partial charge >= 0.3 is 0 Å². The molecule has 0 spiro atoms. The lowest BCUT2D eigenvalue weighted by atomic mass is 10.1. The fourth-order valence-electron chi connectivity index (χ4n) is 2.23. The van der Waals surface area contributed by atoms with Crippen molar-refractivity contribution < 1.29 is 5.11 Å². The molecule has 1 aliphatic rings. The lowest BCUT2D eigenvalue weighted by molar-refractivity contribution is 0.474. The molecule has 1 aromatic rings. The first kappa shape index (κ1) is 10.5. The maximum absolute atomic E-state index is 9.39. The van der Waals surface area contributed by atoms with Crippen LogP contribution in [0.2, 0.25) is 0 Å². The van der Waals surface area contributed by atoms with E-state index in [1.54, 1.807) is 6.07 Å². The summed E-state index contributed by atoms with van der Waals surface area (Å²) in [7, 11) is 0.216. The van der Waals surface area contributed by atoms with Gasteiger partial charge < -0.3 is 5.11 Å². The highest BCUT2D eigenvalue weighted by atomic mass is 32.2. The van der Waals surface area contributed by atoms with Gasteiger partial charge in [-0.15, -0.1) is 10.5 Å². The molecule has 2 rings (SSSR count). The standard InChI is InChI=1S/C13H16OS/c1-3-15(2)9-10-6-11-4-5-13(14)8-12(11)7-10/h4-5,8,10,14H,1,6-7,9H2,2H3. The van der Waals surface area contributed by atoms with Crippen molar-refractivity contribution in [1.82, 2.24) is 0 Å². The van der Waals surface area contributed by atoms with Gasteiger partial charge in [-0.3, -0.25) is 0 Å². The van der Waals surface area contributed by atoms with Crippen molar-refractivity contribution in [2.45, 2.75) is 12.8 Å². The predicted molar refractivity (Wildman–Crippen MR) is 68.0 cm³/mol. The summed E-state index contributed by atoms with van der Waals surface area (Å²) >= 11 is 0. The van der Waals surface area contributed by atoms with Gasteiger partial charge in [0.1, 0.15) is 5.75 Å². The van der Waals surface area contributed by atoms with E-state index >= 15 is 0 Å². The minimum atomic E-state index is 0.216. The number of hydrogen-bond acceptors (Lipinski definition) is 1. The number of aromatic hydroxyl groups is 1. The molecule has 0 heterocycles. The predicted octanol–water partition coefficient (Wildman–Crippen LogP) is 2.59. The van der Waals surface area contributed by atoms with Crippen LogP contribution in [0.25, 0.3) is 0 Å². The Balaban J connectivity index is 2.12. The van der Waals surface area contributed by atoms with Gasteiger partial charge in [0.2, 0.25) is 0 Å². The minimum Gasteiger partial charge on any atom is -0.508 e. The van der Waals surface area contributed by atoms with Crippen molar-refractivity contribution in [2.24, 2.45) is 5.92 Å². The van der Waals surface area contributed by atoms with E-state index in [1.807, 2.05) is 6.07 Å². The summed E-state index contributed by atoms with van der Waals surface area (Å²) in [5.41, 5.74) is 2.72. The number of phenols is 1. The van der Waals surface area contributed by atoms with Crippen LogP contribution in [0.15, 0.2) is 24.8 Å². The molecule has 0 radical (unpaired) electrons. The van der Waals surface area contributed by atoms with E-state index in [4.69, 9.17) is 0 Å². The van der Waals surface area contributed by atoms with E-state index in [2.05, 4.69) is 23.9 Å². The second-order valence-corrected chi connectivity index (χ2v) is 6.07. The second kappa shape index (κ2) is 4.26. The fraction of sp³-hybridized carbons (Fsp3) is 0.385. The molecule has 1 nitrogen and oxygen atoms in total. The van der Waals surface area contributed by atoms with Crippen molar-refractivity contribution in [1.29, 1.82) is 0 Å². The van der Waals surface area contributed by atoms with E-state index in [9.17, 15) is 5.11 Å². The van der Waals surface area contributed by atoms with Crippen LogP contribution in [0.3, 0.4) is 0 Å². The van der Waals surface area contributed by atoms with Gasteiger partial charge in [-0.25, -0.2) is 0 Å². The Morgan fingerprint density at radius 1 is 1.47 bits per heavy atom. The van der Waals surface area contributed by atoms with Gasteiger partial charge in [-0.2, -0.15) is 0 Å². The van der Waals surface area contributed by atoms with Crippen LogP contribution in [0.4, 0.5) is 0 Å². The third kappa shape index (κ3) is 2.34.